The van der Waals surface area contributed by atoms with Crippen molar-refractivity contribution in [3.8, 4) is 0 Å². The second-order valence-corrected chi connectivity index (χ2v) is 5.63. The SMILES string of the molecule is Cc1ccc(C)c(NC(=O)CN[C@@H](C)c2ccc(F)cc2F)c1. The Labute approximate surface area is 134 Å². The zero-order valence-electron chi connectivity index (χ0n) is 13.4. The van der Waals surface area contributed by atoms with E-state index < -0.39 is 17.7 Å². The van der Waals surface area contributed by atoms with E-state index in [9.17, 15) is 13.6 Å². The first-order chi connectivity index (χ1) is 10.9. The van der Waals surface area contributed by atoms with Gasteiger partial charge in [0.05, 0.1) is 6.54 Å². The molecule has 0 radical (unpaired) electrons. The Bertz CT molecular complexity index is 716. The largest absolute Gasteiger partial charge is 0.325 e. The number of carbonyl (C=O) groups is 1. The van der Waals surface area contributed by atoms with Gasteiger partial charge in [0.25, 0.3) is 0 Å². The number of benzene rings is 2. The van der Waals surface area contributed by atoms with Crippen LogP contribution in [0.3, 0.4) is 0 Å². The first kappa shape index (κ1) is 17.1. The highest BCUT2D eigenvalue weighted by atomic mass is 19.1. The third-order valence-electron chi connectivity index (χ3n) is 3.66. The molecule has 2 aromatic carbocycles. The van der Waals surface area contributed by atoms with Gasteiger partial charge in [0.2, 0.25) is 5.91 Å². The zero-order valence-corrected chi connectivity index (χ0v) is 13.4. The Morgan fingerprint density at radius 3 is 2.57 bits per heavy atom. The number of amides is 1. The Morgan fingerprint density at radius 1 is 1.13 bits per heavy atom. The van der Waals surface area contributed by atoms with E-state index in [1.54, 1.807) is 6.92 Å². The zero-order chi connectivity index (χ0) is 17.0. The summed E-state index contributed by atoms with van der Waals surface area (Å²) in [6.07, 6.45) is 0. The molecule has 0 aromatic heterocycles. The smallest absolute Gasteiger partial charge is 0.238 e. The molecule has 3 nitrogen and oxygen atoms in total. The van der Waals surface area contributed by atoms with Gasteiger partial charge in [0.1, 0.15) is 11.6 Å². The van der Waals surface area contributed by atoms with Crippen molar-refractivity contribution < 1.29 is 13.6 Å². The molecule has 0 spiro atoms. The molecule has 122 valence electrons. The van der Waals surface area contributed by atoms with Crippen LogP contribution in [0.1, 0.15) is 29.7 Å². The summed E-state index contributed by atoms with van der Waals surface area (Å²) in [5.74, 6) is -1.46. The maximum absolute atomic E-state index is 13.7. The fourth-order valence-electron chi connectivity index (χ4n) is 2.27. The number of halogens is 2. The number of rotatable bonds is 5. The minimum Gasteiger partial charge on any atom is -0.325 e. The van der Waals surface area contributed by atoms with Crippen molar-refractivity contribution in [2.75, 3.05) is 11.9 Å². The molecule has 23 heavy (non-hydrogen) atoms. The summed E-state index contributed by atoms with van der Waals surface area (Å²) in [6, 6.07) is 8.83. The van der Waals surface area contributed by atoms with Crippen LogP contribution in [-0.4, -0.2) is 12.5 Å². The summed E-state index contributed by atoms with van der Waals surface area (Å²) in [6.45, 7) is 5.62. The molecule has 0 bridgehead atoms. The van der Waals surface area contributed by atoms with Crippen LogP contribution in [-0.2, 0) is 4.79 Å². The Kier molecular flexibility index (Phi) is 5.45. The van der Waals surface area contributed by atoms with Gasteiger partial charge in [-0.15, -0.1) is 0 Å². The van der Waals surface area contributed by atoms with Crippen LogP contribution in [0.25, 0.3) is 0 Å². The topological polar surface area (TPSA) is 41.1 Å². The lowest BCUT2D eigenvalue weighted by Crippen LogP contribution is -2.30. The van der Waals surface area contributed by atoms with Gasteiger partial charge in [-0.05, 0) is 44.0 Å². The Morgan fingerprint density at radius 2 is 1.87 bits per heavy atom. The van der Waals surface area contributed by atoms with Crippen molar-refractivity contribution in [1.29, 1.82) is 0 Å². The van der Waals surface area contributed by atoms with Crippen molar-refractivity contribution >= 4 is 11.6 Å². The predicted octanol–water partition coefficient (Wildman–Crippen LogP) is 3.87. The summed E-state index contributed by atoms with van der Waals surface area (Å²) >= 11 is 0. The van der Waals surface area contributed by atoms with Crippen molar-refractivity contribution in [2.45, 2.75) is 26.8 Å². The van der Waals surface area contributed by atoms with E-state index in [4.69, 9.17) is 0 Å². The van der Waals surface area contributed by atoms with Crippen LogP contribution in [0.5, 0.6) is 0 Å². The molecule has 5 heteroatoms. The number of carbonyl (C=O) groups excluding carboxylic acids is 1. The molecule has 0 unspecified atom stereocenters. The number of nitrogens with one attached hydrogen (secondary N) is 2. The fraction of sp³-hybridized carbons (Fsp3) is 0.278. The lowest BCUT2D eigenvalue weighted by Gasteiger charge is -2.15. The van der Waals surface area contributed by atoms with E-state index in [-0.39, 0.29) is 12.5 Å². The summed E-state index contributed by atoms with van der Waals surface area (Å²) < 4.78 is 26.6. The van der Waals surface area contributed by atoms with Gasteiger partial charge in [-0.25, -0.2) is 8.78 Å². The lowest BCUT2D eigenvalue weighted by molar-refractivity contribution is -0.115. The number of aryl methyl sites for hydroxylation is 2. The van der Waals surface area contributed by atoms with E-state index in [1.165, 1.54) is 12.1 Å². The highest BCUT2D eigenvalue weighted by molar-refractivity contribution is 5.93. The summed E-state index contributed by atoms with van der Waals surface area (Å²) in [5, 5.41) is 5.77. The first-order valence-electron chi connectivity index (χ1n) is 7.42. The minimum absolute atomic E-state index is 0.0331. The second-order valence-electron chi connectivity index (χ2n) is 5.63. The number of hydrogen-bond donors (Lipinski definition) is 2. The van der Waals surface area contributed by atoms with Crippen molar-refractivity contribution in [2.24, 2.45) is 0 Å². The summed E-state index contributed by atoms with van der Waals surface area (Å²) in [7, 11) is 0. The second kappa shape index (κ2) is 7.33. The molecular weight excluding hydrogens is 298 g/mol. The van der Waals surface area contributed by atoms with Gasteiger partial charge in [0, 0.05) is 23.4 Å². The molecule has 2 aromatic rings. The van der Waals surface area contributed by atoms with E-state index in [1.807, 2.05) is 32.0 Å². The van der Waals surface area contributed by atoms with Gasteiger partial charge < -0.3 is 10.6 Å². The average Bonchev–Trinajstić information content (AvgIpc) is 2.48. The third kappa shape index (κ3) is 4.60. The highest BCUT2D eigenvalue weighted by Crippen LogP contribution is 2.18. The molecule has 0 aliphatic heterocycles. The highest BCUT2D eigenvalue weighted by Gasteiger charge is 2.13. The van der Waals surface area contributed by atoms with E-state index in [0.717, 1.165) is 22.9 Å². The molecule has 2 N–H and O–H groups in total. The number of anilines is 1. The third-order valence-corrected chi connectivity index (χ3v) is 3.66. The number of hydrogen-bond acceptors (Lipinski definition) is 2. The molecule has 0 aliphatic carbocycles. The monoisotopic (exact) mass is 318 g/mol. The van der Waals surface area contributed by atoms with Crippen molar-refractivity contribution in [1.82, 2.24) is 5.32 Å². The van der Waals surface area contributed by atoms with E-state index in [0.29, 0.717) is 5.56 Å². The maximum atomic E-state index is 13.7. The Hall–Kier alpha value is -2.27. The van der Waals surface area contributed by atoms with Gasteiger partial charge in [-0.3, -0.25) is 4.79 Å². The quantitative estimate of drug-likeness (QED) is 0.878. The van der Waals surface area contributed by atoms with Gasteiger partial charge in [-0.1, -0.05) is 18.2 Å². The fourth-order valence-corrected chi connectivity index (χ4v) is 2.27. The van der Waals surface area contributed by atoms with E-state index >= 15 is 0 Å². The summed E-state index contributed by atoms with van der Waals surface area (Å²) in [5.41, 5.74) is 3.12. The summed E-state index contributed by atoms with van der Waals surface area (Å²) in [4.78, 5) is 12.0. The van der Waals surface area contributed by atoms with Gasteiger partial charge >= 0.3 is 0 Å². The van der Waals surface area contributed by atoms with Crippen LogP contribution in [0.2, 0.25) is 0 Å². The van der Waals surface area contributed by atoms with Gasteiger partial charge in [-0.2, -0.15) is 0 Å². The van der Waals surface area contributed by atoms with Crippen LogP contribution >= 0.6 is 0 Å². The van der Waals surface area contributed by atoms with E-state index in [2.05, 4.69) is 10.6 Å². The van der Waals surface area contributed by atoms with Crippen molar-refractivity contribution in [3.05, 3.63) is 64.7 Å². The average molecular weight is 318 g/mol. The molecule has 1 amide bonds. The molecular formula is C18H20F2N2O. The molecule has 0 heterocycles. The standard InChI is InChI=1S/C18H20F2N2O/c1-11-4-5-12(2)17(8-11)22-18(23)10-21-13(3)15-7-6-14(19)9-16(15)20/h4-9,13,21H,10H2,1-3H3,(H,22,23)/t13-/m0/s1. The normalized spacial score (nSPS) is 12.0. The first-order valence-corrected chi connectivity index (χ1v) is 7.42. The Balaban J connectivity index is 1.94. The molecule has 0 saturated heterocycles. The predicted molar refractivity (Wildman–Crippen MR) is 87.3 cm³/mol. The van der Waals surface area contributed by atoms with Crippen LogP contribution in [0.15, 0.2) is 36.4 Å². The molecule has 0 aliphatic rings. The minimum atomic E-state index is -0.625. The van der Waals surface area contributed by atoms with Crippen molar-refractivity contribution in [3.63, 3.8) is 0 Å². The van der Waals surface area contributed by atoms with Gasteiger partial charge in [0.15, 0.2) is 0 Å². The van der Waals surface area contributed by atoms with Crippen LogP contribution in [0, 0.1) is 25.5 Å². The lowest BCUT2D eigenvalue weighted by atomic mass is 10.1. The molecule has 0 saturated carbocycles. The van der Waals surface area contributed by atoms with Crippen LogP contribution < -0.4 is 10.6 Å². The molecule has 0 fully saturated rings. The molecule has 1 atom stereocenters. The van der Waals surface area contributed by atoms with Crippen LogP contribution in [0.4, 0.5) is 14.5 Å². The molecule has 2 rings (SSSR count). The maximum Gasteiger partial charge on any atom is 0.238 e.